The average molecular weight is 429 g/mol. The van der Waals surface area contributed by atoms with Crippen LogP contribution in [0.25, 0.3) is 11.0 Å². The van der Waals surface area contributed by atoms with Gasteiger partial charge in [-0.1, -0.05) is 23.8 Å². The van der Waals surface area contributed by atoms with Crippen LogP contribution in [-0.2, 0) is 22.6 Å². The van der Waals surface area contributed by atoms with E-state index in [9.17, 15) is 0 Å². The minimum atomic E-state index is 0.455. The Bertz CT molecular complexity index is 868. The van der Waals surface area contributed by atoms with Crippen LogP contribution < -0.4 is 5.73 Å². The molecule has 2 aromatic rings. The molecule has 0 fully saturated rings. The van der Waals surface area contributed by atoms with Gasteiger partial charge in [0, 0.05) is 25.5 Å². The molecule has 0 bridgehead atoms. The molecular weight excluding hydrogens is 388 g/mol. The maximum absolute atomic E-state index is 6.12. The Morgan fingerprint density at radius 1 is 1.16 bits per heavy atom. The predicted octanol–water partition coefficient (Wildman–Crippen LogP) is 5.68. The lowest BCUT2D eigenvalue weighted by Crippen LogP contribution is -2.12. The van der Waals surface area contributed by atoms with E-state index in [1.807, 2.05) is 26.8 Å². The highest BCUT2D eigenvalue weighted by Gasteiger charge is 2.17. The van der Waals surface area contributed by atoms with Gasteiger partial charge < -0.3 is 19.8 Å². The number of aryl methyl sites for hydroxylation is 2. The summed E-state index contributed by atoms with van der Waals surface area (Å²) < 4.78 is 13.7. The van der Waals surface area contributed by atoms with E-state index in [4.69, 9.17) is 20.2 Å². The number of allylic oxidation sites excluding steroid dienone is 4. The monoisotopic (exact) mass is 428 g/mol. The molecule has 2 aromatic heterocycles. The molecule has 0 aliphatic rings. The number of rotatable bonds is 12. The van der Waals surface area contributed by atoms with Crippen LogP contribution in [0, 0.1) is 13.8 Å². The van der Waals surface area contributed by atoms with Crippen molar-refractivity contribution < 1.29 is 9.47 Å². The molecule has 6 nitrogen and oxygen atoms in total. The largest absolute Gasteiger partial charge is 0.382 e. The fraction of sp³-hybridized carbons (Fsp3) is 0.520. The number of fused-ring (bicyclic) bond motifs is 1. The van der Waals surface area contributed by atoms with Crippen molar-refractivity contribution >= 4 is 16.9 Å². The molecule has 6 heteroatoms. The first-order valence-electron chi connectivity index (χ1n) is 11.0. The fourth-order valence-corrected chi connectivity index (χ4v) is 3.19. The van der Waals surface area contributed by atoms with Gasteiger partial charge in [-0.25, -0.2) is 9.97 Å². The molecule has 0 unspecified atom stereocenters. The molecule has 0 saturated heterocycles. The minimum Gasteiger partial charge on any atom is -0.382 e. The van der Waals surface area contributed by atoms with E-state index in [0.717, 1.165) is 54.0 Å². The number of aromatic nitrogens is 3. The van der Waals surface area contributed by atoms with Gasteiger partial charge in [-0.2, -0.15) is 0 Å². The van der Waals surface area contributed by atoms with Crippen LogP contribution in [0.2, 0.25) is 0 Å². The summed E-state index contributed by atoms with van der Waals surface area (Å²) in [6, 6.07) is 0. The number of pyridine rings is 1. The lowest BCUT2D eigenvalue weighted by molar-refractivity contribution is 0.112. The van der Waals surface area contributed by atoms with Gasteiger partial charge in [0.2, 0.25) is 0 Å². The van der Waals surface area contributed by atoms with Crippen molar-refractivity contribution in [3.63, 3.8) is 0 Å². The molecule has 0 radical (unpaired) electrons. The number of anilines is 1. The van der Waals surface area contributed by atoms with Crippen molar-refractivity contribution in [3.05, 3.63) is 54.0 Å². The average Bonchev–Trinajstić information content (AvgIpc) is 3.11. The standard InChI is InChI=1S/C22H34N4O2.C3H6/c1-6-8-10-16(3)11-9-13-28-14-12-26-19(15-27-7-2)25-20-21(26)17(4)18(5)24-22(20)23;1-3-2/h6,10H,1,7-9,11-15H2,2-5H3,(H2,23,24);3H,1H2,2H3/b16-10+;. The van der Waals surface area contributed by atoms with E-state index in [0.29, 0.717) is 32.2 Å². The number of ether oxygens (including phenoxy) is 2. The first kappa shape index (κ1) is 26.6. The summed E-state index contributed by atoms with van der Waals surface area (Å²) in [6.45, 7) is 20.4. The van der Waals surface area contributed by atoms with Crippen molar-refractivity contribution in [1.82, 2.24) is 14.5 Å². The second kappa shape index (κ2) is 14.5. The minimum absolute atomic E-state index is 0.455. The van der Waals surface area contributed by atoms with E-state index in [-0.39, 0.29) is 0 Å². The Morgan fingerprint density at radius 2 is 1.87 bits per heavy atom. The zero-order chi connectivity index (χ0) is 23.2. The van der Waals surface area contributed by atoms with Crippen molar-refractivity contribution in [3.8, 4) is 0 Å². The molecule has 2 N–H and O–H groups in total. The van der Waals surface area contributed by atoms with Crippen molar-refractivity contribution in [2.75, 3.05) is 25.6 Å². The van der Waals surface area contributed by atoms with Crippen LogP contribution in [-0.4, -0.2) is 34.4 Å². The maximum atomic E-state index is 6.12. The number of nitrogen functional groups attached to an aromatic ring is 1. The second-order valence-corrected chi connectivity index (χ2v) is 7.42. The van der Waals surface area contributed by atoms with Gasteiger partial charge in [-0.15, -0.1) is 13.2 Å². The maximum Gasteiger partial charge on any atom is 0.151 e. The third-order valence-corrected chi connectivity index (χ3v) is 4.86. The topological polar surface area (TPSA) is 75.2 Å². The second-order valence-electron chi connectivity index (χ2n) is 7.42. The van der Waals surface area contributed by atoms with Crippen LogP contribution in [0.3, 0.4) is 0 Å². The summed E-state index contributed by atoms with van der Waals surface area (Å²) in [7, 11) is 0. The summed E-state index contributed by atoms with van der Waals surface area (Å²) in [5.41, 5.74) is 11.3. The quantitative estimate of drug-likeness (QED) is 0.348. The normalized spacial score (nSPS) is 11.3. The van der Waals surface area contributed by atoms with Gasteiger partial charge in [-0.3, -0.25) is 0 Å². The Labute approximate surface area is 187 Å². The first-order chi connectivity index (χ1) is 14.9. The van der Waals surface area contributed by atoms with E-state index < -0.39 is 0 Å². The van der Waals surface area contributed by atoms with Crippen molar-refractivity contribution in [2.24, 2.45) is 0 Å². The van der Waals surface area contributed by atoms with E-state index in [1.165, 1.54) is 5.57 Å². The number of imidazole rings is 1. The zero-order valence-corrected chi connectivity index (χ0v) is 20.0. The zero-order valence-electron chi connectivity index (χ0n) is 20.0. The van der Waals surface area contributed by atoms with E-state index in [2.05, 4.69) is 42.6 Å². The Kier molecular flexibility index (Phi) is 12.5. The van der Waals surface area contributed by atoms with Gasteiger partial charge in [0.25, 0.3) is 0 Å². The van der Waals surface area contributed by atoms with Crippen LogP contribution in [0.4, 0.5) is 5.82 Å². The van der Waals surface area contributed by atoms with Crippen molar-refractivity contribution in [1.29, 1.82) is 0 Å². The smallest absolute Gasteiger partial charge is 0.151 e. The van der Waals surface area contributed by atoms with Crippen LogP contribution in [0.5, 0.6) is 0 Å². The molecule has 2 heterocycles. The molecule has 0 aliphatic heterocycles. The molecule has 0 aromatic carbocycles. The molecule has 2 rings (SSSR count). The van der Waals surface area contributed by atoms with Crippen LogP contribution in [0.1, 0.15) is 57.1 Å². The van der Waals surface area contributed by atoms with Gasteiger partial charge in [-0.05, 0) is 59.4 Å². The summed E-state index contributed by atoms with van der Waals surface area (Å²) in [4.78, 5) is 9.11. The number of nitrogens with two attached hydrogens (primary N) is 1. The van der Waals surface area contributed by atoms with Gasteiger partial charge in [0.05, 0.1) is 12.1 Å². The lowest BCUT2D eigenvalue weighted by atomic mass is 10.1. The predicted molar refractivity (Wildman–Crippen MR) is 131 cm³/mol. The highest BCUT2D eigenvalue weighted by atomic mass is 16.5. The fourth-order valence-electron chi connectivity index (χ4n) is 3.19. The molecule has 0 amide bonds. The number of nitrogens with zero attached hydrogens (tertiary/aromatic N) is 3. The Hall–Kier alpha value is -2.44. The Balaban J connectivity index is 0.00000151. The van der Waals surface area contributed by atoms with E-state index >= 15 is 0 Å². The molecular formula is C25H40N4O2. The van der Waals surface area contributed by atoms with Crippen LogP contribution in [0.15, 0.2) is 37.0 Å². The lowest BCUT2D eigenvalue weighted by Gasteiger charge is -2.12. The highest BCUT2D eigenvalue weighted by Crippen LogP contribution is 2.26. The van der Waals surface area contributed by atoms with Crippen molar-refractivity contribution in [2.45, 2.75) is 67.0 Å². The van der Waals surface area contributed by atoms with E-state index in [1.54, 1.807) is 6.08 Å². The number of hydrogen-bond acceptors (Lipinski definition) is 5. The van der Waals surface area contributed by atoms with Gasteiger partial charge in [0.1, 0.15) is 17.9 Å². The highest BCUT2D eigenvalue weighted by molar-refractivity contribution is 5.88. The van der Waals surface area contributed by atoms with Gasteiger partial charge in [0.15, 0.2) is 5.82 Å². The van der Waals surface area contributed by atoms with Gasteiger partial charge >= 0.3 is 0 Å². The third kappa shape index (κ3) is 8.31. The molecule has 0 atom stereocenters. The molecule has 172 valence electrons. The first-order valence-corrected chi connectivity index (χ1v) is 11.0. The third-order valence-electron chi connectivity index (χ3n) is 4.86. The molecule has 0 spiro atoms. The number of hydrogen-bond donors (Lipinski definition) is 1. The summed E-state index contributed by atoms with van der Waals surface area (Å²) in [5.74, 6) is 1.34. The molecule has 0 aliphatic carbocycles. The summed E-state index contributed by atoms with van der Waals surface area (Å²) in [6.07, 6.45) is 8.89. The molecule has 0 saturated carbocycles. The summed E-state index contributed by atoms with van der Waals surface area (Å²) >= 11 is 0. The van der Waals surface area contributed by atoms with Crippen LogP contribution >= 0.6 is 0 Å². The molecule has 31 heavy (non-hydrogen) atoms. The SMILES string of the molecule is C=CC.C=CC/C=C(\C)CCCOCCn1c(COCC)nc2c(N)nc(C)c(C)c21. The Morgan fingerprint density at radius 3 is 2.52 bits per heavy atom. The summed E-state index contributed by atoms with van der Waals surface area (Å²) in [5, 5.41) is 0.